The summed E-state index contributed by atoms with van der Waals surface area (Å²) in [6.45, 7) is 24.6. The number of hydrogen-bond acceptors (Lipinski definition) is 2. The van der Waals surface area contributed by atoms with Crippen LogP contribution in [0.3, 0.4) is 0 Å². The van der Waals surface area contributed by atoms with E-state index >= 15 is 0 Å². The predicted molar refractivity (Wildman–Crippen MR) is 288 cm³/mol. The number of Topliss-reactive ketones (excluding diaryl/α,β-unsaturated/α-hetero) is 1. The molecule has 0 spiro atoms. The first-order valence-corrected chi connectivity index (χ1v) is 30.6. The summed E-state index contributed by atoms with van der Waals surface area (Å²) in [4.78, 5) is 12.4. The molecule has 0 aromatic rings. The van der Waals surface area contributed by atoms with Crippen molar-refractivity contribution in [2.75, 3.05) is 6.61 Å². The van der Waals surface area contributed by atoms with Crippen molar-refractivity contribution in [3.8, 4) is 0 Å². The minimum atomic E-state index is 0.250. The zero-order valence-electron chi connectivity index (χ0n) is 46.3. The van der Waals surface area contributed by atoms with Gasteiger partial charge in [0, 0.05) is 19.4 Å². The second-order valence-corrected chi connectivity index (χ2v) is 26.5. The Labute approximate surface area is 413 Å². The standard InChI is InChI=1S/C64H116O2/c1-10-11-12-13-14-15-16-17-18-19-20-21-24-27-30-33-36-39-54(65)40-37-34-31-28-25-22-23-26-29-32-35-38-51-66-58-45-47-62(7)56(60(58,4)5)44-48-64(9)57(62)42-41-55-59-53(3)52(2)43-46-61(59,6)49-50-63(55,64)8/h41,52-53,56-59H,10-40,42-51H2,1-9H3. The Morgan fingerprint density at radius 1 is 0.530 bits per heavy atom. The highest BCUT2D eigenvalue weighted by atomic mass is 16.5. The minimum Gasteiger partial charge on any atom is -0.378 e. The molecule has 0 aromatic heterocycles. The Kier molecular flexibility index (Phi) is 23.7. The molecule has 384 valence electrons. The van der Waals surface area contributed by atoms with Gasteiger partial charge < -0.3 is 4.74 Å². The average Bonchev–Trinajstić information content (AvgIpc) is 3.28. The van der Waals surface area contributed by atoms with Crippen LogP contribution in [0.4, 0.5) is 0 Å². The molecule has 0 aliphatic heterocycles. The molecule has 2 nitrogen and oxygen atoms in total. The van der Waals surface area contributed by atoms with Crippen LogP contribution in [0, 0.1) is 56.7 Å². The third-order valence-corrected chi connectivity index (χ3v) is 21.6. The van der Waals surface area contributed by atoms with Gasteiger partial charge in [-0.05, 0) is 134 Å². The number of carbonyl (C=O) groups excluding carboxylic acids is 1. The SMILES string of the molecule is CCCCCCCCCCCCCCCCCCCC(=O)CCCCCCCCCCCCCCOC1CCC2(C)C(CCC3(C)C2CC=C2C4C(C)C(C)CCC4(C)CCC23C)C1(C)C. The third-order valence-electron chi connectivity index (χ3n) is 21.6. The summed E-state index contributed by atoms with van der Waals surface area (Å²) >= 11 is 0. The molecule has 0 N–H and O–H groups in total. The van der Waals surface area contributed by atoms with Crippen molar-refractivity contribution >= 4 is 5.78 Å². The molecule has 10 unspecified atom stereocenters. The van der Waals surface area contributed by atoms with Gasteiger partial charge in [0.1, 0.15) is 5.78 Å². The maximum Gasteiger partial charge on any atom is 0.132 e. The molecule has 0 aromatic carbocycles. The Morgan fingerprint density at radius 2 is 1.00 bits per heavy atom. The van der Waals surface area contributed by atoms with Gasteiger partial charge in [0.2, 0.25) is 0 Å². The Morgan fingerprint density at radius 3 is 1.50 bits per heavy atom. The largest absolute Gasteiger partial charge is 0.378 e. The molecule has 0 radical (unpaired) electrons. The number of unbranched alkanes of at least 4 members (excludes halogenated alkanes) is 27. The van der Waals surface area contributed by atoms with E-state index in [9.17, 15) is 4.79 Å². The van der Waals surface area contributed by atoms with Gasteiger partial charge in [-0.25, -0.2) is 0 Å². The normalized spacial score (nSPS) is 33.7. The van der Waals surface area contributed by atoms with Crippen LogP contribution >= 0.6 is 0 Å². The van der Waals surface area contributed by atoms with Crippen LogP contribution < -0.4 is 0 Å². The van der Waals surface area contributed by atoms with Gasteiger partial charge in [-0.1, -0.05) is 241 Å². The Balaban J connectivity index is 0.821. The van der Waals surface area contributed by atoms with Crippen LogP contribution in [-0.2, 0) is 9.53 Å². The van der Waals surface area contributed by atoms with Crippen LogP contribution in [0.5, 0.6) is 0 Å². The maximum absolute atomic E-state index is 12.4. The second kappa shape index (κ2) is 27.8. The molecule has 5 aliphatic rings. The fraction of sp³-hybridized carbons (Fsp3) is 0.953. The number of fused-ring (bicyclic) bond motifs is 7. The summed E-state index contributed by atoms with van der Waals surface area (Å²) in [7, 11) is 0. The fourth-order valence-electron chi connectivity index (χ4n) is 16.7. The third kappa shape index (κ3) is 14.7. The summed E-state index contributed by atoms with van der Waals surface area (Å²) in [6.07, 6.45) is 57.2. The first-order valence-electron chi connectivity index (χ1n) is 30.6. The molecular formula is C64H116O2. The highest BCUT2D eigenvalue weighted by molar-refractivity contribution is 5.78. The monoisotopic (exact) mass is 917 g/mol. The zero-order chi connectivity index (χ0) is 47.5. The Bertz CT molecular complexity index is 1390. The Hall–Kier alpha value is -0.630. The molecular weight excluding hydrogens is 801 g/mol. The molecule has 4 saturated carbocycles. The zero-order valence-corrected chi connectivity index (χ0v) is 46.3. The van der Waals surface area contributed by atoms with Crippen molar-refractivity contribution in [3.05, 3.63) is 11.6 Å². The van der Waals surface area contributed by atoms with E-state index in [1.807, 2.05) is 5.57 Å². The quantitative estimate of drug-likeness (QED) is 0.0475. The second-order valence-electron chi connectivity index (χ2n) is 26.5. The van der Waals surface area contributed by atoms with E-state index in [1.54, 1.807) is 0 Å². The van der Waals surface area contributed by atoms with Crippen molar-refractivity contribution in [2.45, 2.75) is 325 Å². The summed E-state index contributed by atoms with van der Waals surface area (Å²) in [5.41, 5.74) is 3.89. The molecule has 0 heterocycles. The molecule has 66 heavy (non-hydrogen) atoms. The molecule has 10 atom stereocenters. The van der Waals surface area contributed by atoms with Crippen molar-refractivity contribution in [1.82, 2.24) is 0 Å². The summed E-state index contributed by atoms with van der Waals surface area (Å²) in [6, 6.07) is 0. The van der Waals surface area contributed by atoms with Crippen LogP contribution in [0.1, 0.15) is 319 Å². The van der Waals surface area contributed by atoms with Gasteiger partial charge in [0.05, 0.1) is 6.10 Å². The van der Waals surface area contributed by atoms with E-state index in [4.69, 9.17) is 4.74 Å². The molecule has 5 aliphatic carbocycles. The van der Waals surface area contributed by atoms with Gasteiger partial charge in [-0.3, -0.25) is 4.79 Å². The minimum absolute atomic E-state index is 0.250. The highest BCUT2D eigenvalue weighted by Gasteiger charge is 2.68. The fourth-order valence-corrected chi connectivity index (χ4v) is 16.7. The number of hydrogen-bond donors (Lipinski definition) is 0. The highest BCUT2D eigenvalue weighted by Crippen LogP contribution is 2.75. The predicted octanol–water partition coefficient (Wildman–Crippen LogP) is 20.7. The van der Waals surface area contributed by atoms with Gasteiger partial charge >= 0.3 is 0 Å². The van der Waals surface area contributed by atoms with E-state index in [1.165, 1.54) is 231 Å². The maximum atomic E-state index is 12.4. The number of ketones is 1. The molecule has 0 bridgehead atoms. The molecule has 0 saturated heterocycles. The summed E-state index contributed by atoms with van der Waals surface area (Å²) in [5.74, 6) is 4.57. The van der Waals surface area contributed by atoms with E-state index in [0.717, 1.165) is 61.9 Å². The first kappa shape index (κ1) is 56.3. The lowest BCUT2D eigenvalue weighted by atomic mass is 9.33. The van der Waals surface area contributed by atoms with Crippen molar-refractivity contribution in [2.24, 2.45) is 56.7 Å². The topological polar surface area (TPSA) is 26.3 Å². The van der Waals surface area contributed by atoms with E-state index in [2.05, 4.69) is 68.4 Å². The summed E-state index contributed by atoms with van der Waals surface area (Å²) < 4.78 is 6.89. The number of rotatable bonds is 34. The lowest BCUT2D eigenvalue weighted by Crippen LogP contribution is -2.64. The van der Waals surface area contributed by atoms with Crippen molar-refractivity contribution < 1.29 is 9.53 Å². The van der Waals surface area contributed by atoms with E-state index in [0.29, 0.717) is 33.5 Å². The van der Waals surface area contributed by atoms with Crippen molar-refractivity contribution in [3.63, 3.8) is 0 Å². The molecule has 5 rings (SSSR count). The lowest BCUT2D eigenvalue weighted by molar-refractivity contribution is -0.212. The van der Waals surface area contributed by atoms with E-state index < -0.39 is 0 Å². The number of allylic oxidation sites excluding steroid dienone is 2. The van der Waals surface area contributed by atoms with E-state index in [-0.39, 0.29) is 5.41 Å². The van der Waals surface area contributed by atoms with Crippen molar-refractivity contribution in [1.29, 1.82) is 0 Å². The van der Waals surface area contributed by atoms with Crippen LogP contribution in [0.15, 0.2) is 11.6 Å². The summed E-state index contributed by atoms with van der Waals surface area (Å²) in [5, 5.41) is 0. The molecule has 4 fully saturated rings. The first-order chi connectivity index (χ1) is 31.7. The van der Waals surface area contributed by atoms with Gasteiger partial charge in [0.15, 0.2) is 0 Å². The smallest absolute Gasteiger partial charge is 0.132 e. The average molecular weight is 918 g/mol. The van der Waals surface area contributed by atoms with Gasteiger partial charge in [0.25, 0.3) is 0 Å². The van der Waals surface area contributed by atoms with Crippen LogP contribution in [-0.4, -0.2) is 18.5 Å². The molecule has 2 heteroatoms. The number of ether oxygens (including phenoxy) is 1. The van der Waals surface area contributed by atoms with Gasteiger partial charge in [-0.15, -0.1) is 0 Å². The van der Waals surface area contributed by atoms with Gasteiger partial charge in [-0.2, -0.15) is 0 Å². The lowest BCUT2D eigenvalue weighted by Gasteiger charge is -2.71. The number of carbonyl (C=O) groups is 1. The van der Waals surface area contributed by atoms with Crippen LogP contribution in [0.2, 0.25) is 0 Å². The molecule has 0 amide bonds. The van der Waals surface area contributed by atoms with Crippen LogP contribution in [0.25, 0.3) is 0 Å².